The Balaban J connectivity index is 1.87. The van der Waals surface area contributed by atoms with E-state index in [1.54, 1.807) is 0 Å². The summed E-state index contributed by atoms with van der Waals surface area (Å²) in [5.41, 5.74) is -0.132. The molecule has 0 saturated heterocycles. The fraction of sp³-hybridized carbons (Fsp3) is 0.400. The molecule has 9 heteroatoms. The molecule has 0 bridgehead atoms. The number of hydrogen-bond donors (Lipinski definition) is 3. The number of benzene rings is 1. The normalized spacial score (nSPS) is 20.4. The van der Waals surface area contributed by atoms with Crippen molar-refractivity contribution in [2.45, 2.75) is 31.8 Å². The monoisotopic (exact) mass is 335 g/mol. The quantitative estimate of drug-likeness (QED) is 0.516. The van der Waals surface area contributed by atoms with Gasteiger partial charge >= 0.3 is 5.97 Å². The maximum absolute atomic E-state index is 12.1. The van der Waals surface area contributed by atoms with Crippen LogP contribution in [0.5, 0.6) is 0 Å². The molecule has 128 valence electrons. The zero-order valence-corrected chi connectivity index (χ0v) is 12.9. The Morgan fingerprint density at radius 1 is 1.33 bits per heavy atom. The molecule has 1 saturated carbocycles. The first-order valence-corrected chi connectivity index (χ1v) is 7.36. The number of nitro benzene ring substituents is 1. The van der Waals surface area contributed by atoms with Crippen molar-refractivity contribution in [2.75, 3.05) is 0 Å². The Hall–Kier alpha value is -2.97. The summed E-state index contributed by atoms with van der Waals surface area (Å²) in [7, 11) is 0. The molecule has 1 aromatic carbocycles. The van der Waals surface area contributed by atoms with Gasteiger partial charge in [0.15, 0.2) is 0 Å². The van der Waals surface area contributed by atoms with Crippen molar-refractivity contribution in [3.8, 4) is 0 Å². The molecule has 1 atom stereocenters. The average Bonchev–Trinajstić information content (AvgIpc) is 2.49. The molecule has 3 N–H and O–H groups in total. The molecule has 0 aliphatic heterocycles. The molecule has 2 rings (SSSR count). The second kappa shape index (κ2) is 7.07. The van der Waals surface area contributed by atoms with Gasteiger partial charge in [-0.05, 0) is 25.8 Å². The number of nitrogens with zero attached hydrogens (tertiary/aromatic N) is 1. The molecule has 0 aromatic heterocycles. The topological polar surface area (TPSA) is 139 Å². The lowest BCUT2D eigenvalue weighted by atomic mass is 9.80. The Kier molecular flexibility index (Phi) is 5.12. The number of hydrogen-bond acceptors (Lipinski definition) is 5. The number of carbonyl (C=O) groups is 3. The van der Waals surface area contributed by atoms with Crippen LogP contribution in [0.15, 0.2) is 24.3 Å². The van der Waals surface area contributed by atoms with Gasteiger partial charge in [0, 0.05) is 23.7 Å². The van der Waals surface area contributed by atoms with Crippen LogP contribution in [0, 0.1) is 16.0 Å². The number of carboxylic acids is 1. The minimum Gasteiger partial charge on any atom is -0.481 e. The smallest absolute Gasteiger partial charge is 0.306 e. The van der Waals surface area contributed by atoms with Gasteiger partial charge in [0.2, 0.25) is 5.91 Å². The fourth-order valence-corrected chi connectivity index (χ4v) is 2.37. The average molecular weight is 335 g/mol. The van der Waals surface area contributed by atoms with Crippen molar-refractivity contribution in [3.63, 3.8) is 0 Å². The van der Waals surface area contributed by atoms with Gasteiger partial charge in [-0.25, -0.2) is 0 Å². The van der Waals surface area contributed by atoms with Gasteiger partial charge in [-0.2, -0.15) is 0 Å². The van der Waals surface area contributed by atoms with E-state index in [0.717, 1.165) is 6.07 Å². The number of rotatable bonds is 6. The lowest BCUT2D eigenvalue weighted by Crippen LogP contribution is -2.52. The number of nitrogens with one attached hydrogen (secondary N) is 2. The minimum atomic E-state index is -0.882. The maximum atomic E-state index is 12.1. The van der Waals surface area contributed by atoms with Gasteiger partial charge in [0.25, 0.3) is 11.6 Å². The number of non-ortho nitro benzene ring substituents is 1. The molecule has 1 fully saturated rings. The standard InChI is InChI=1S/C15H17N3O6/c1-8(13(19)17-11-5-10(6-11)15(21)22)16-14(20)9-3-2-4-12(7-9)18(23)24/h2-4,7-8,10-11H,5-6H2,1H3,(H,16,20)(H,17,19)(H,21,22). The van der Waals surface area contributed by atoms with Crippen LogP contribution in [0.1, 0.15) is 30.1 Å². The third kappa shape index (κ3) is 4.06. The highest BCUT2D eigenvalue weighted by Gasteiger charge is 2.36. The van der Waals surface area contributed by atoms with E-state index in [4.69, 9.17) is 5.11 Å². The van der Waals surface area contributed by atoms with Gasteiger partial charge in [0.1, 0.15) is 6.04 Å². The summed E-state index contributed by atoms with van der Waals surface area (Å²) in [6.07, 6.45) is 0.735. The van der Waals surface area contributed by atoms with Gasteiger partial charge in [0.05, 0.1) is 10.8 Å². The molecule has 1 aromatic rings. The van der Waals surface area contributed by atoms with Crippen LogP contribution in [0.4, 0.5) is 5.69 Å². The van der Waals surface area contributed by atoms with Crippen LogP contribution in [-0.2, 0) is 9.59 Å². The molecule has 24 heavy (non-hydrogen) atoms. The summed E-state index contributed by atoms with van der Waals surface area (Å²) >= 11 is 0. The first-order chi connectivity index (χ1) is 11.3. The van der Waals surface area contributed by atoms with Crippen LogP contribution in [0.25, 0.3) is 0 Å². The summed E-state index contributed by atoms with van der Waals surface area (Å²) in [5, 5.41) is 24.6. The number of amides is 2. The SMILES string of the molecule is CC(NC(=O)c1cccc([N+](=O)[O-])c1)C(=O)NC1CC(C(=O)O)C1. The molecular formula is C15H17N3O6. The minimum absolute atomic E-state index is 0.0819. The van der Waals surface area contributed by atoms with E-state index in [-0.39, 0.29) is 17.3 Å². The predicted molar refractivity (Wildman–Crippen MR) is 82.3 cm³/mol. The third-order valence-corrected chi connectivity index (χ3v) is 3.89. The van der Waals surface area contributed by atoms with Crippen LogP contribution >= 0.6 is 0 Å². The lowest BCUT2D eigenvalue weighted by molar-refractivity contribution is -0.384. The maximum Gasteiger partial charge on any atom is 0.306 e. The molecule has 0 spiro atoms. The summed E-state index contributed by atoms with van der Waals surface area (Å²) in [6, 6.07) is 4.14. The van der Waals surface area contributed by atoms with E-state index in [0.29, 0.717) is 12.8 Å². The summed E-state index contributed by atoms with van der Waals surface area (Å²) in [6.45, 7) is 1.48. The van der Waals surface area contributed by atoms with Crippen molar-refractivity contribution in [1.82, 2.24) is 10.6 Å². The van der Waals surface area contributed by atoms with E-state index in [9.17, 15) is 24.5 Å². The zero-order chi connectivity index (χ0) is 17.9. The van der Waals surface area contributed by atoms with E-state index in [2.05, 4.69) is 10.6 Å². The molecule has 1 aliphatic carbocycles. The Morgan fingerprint density at radius 2 is 2.00 bits per heavy atom. The van der Waals surface area contributed by atoms with Crippen LogP contribution in [0.2, 0.25) is 0 Å². The molecule has 9 nitrogen and oxygen atoms in total. The first-order valence-electron chi connectivity index (χ1n) is 7.36. The van der Waals surface area contributed by atoms with E-state index in [1.807, 2.05) is 0 Å². The van der Waals surface area contributed by atoms with Crippen molar-refractivity contribution in [3.05, 3.63) is 39.9 Å². The summed E-state index contributed by atoms with van der Waals surface area (Å²) in [4.78, 5) is 44.8. The Bertz CT molecular complexity index is 684. The van der Waals surface area contributed by atoms with Crippen LogP contribution < -0.4 is 10.6 Å². The number of nitro groups is 1. The van der Waals surface area contributed by atoms with Crippen molar-refractivity contribution in [1.29, 1.82) is 0 Å². The Labute approximate surface area is 137 Å². The van der Waals surface area contributed by atoms with Gasteiger partial charge in [-0.3, -0.25) is 24.5 Å². The third-order valence-electron chi connectivity index (χ3n) is 3.89. The van der Waals surface area contributed by atoms with Crippen LogP contribution in [-0.4, -0.2) is 39.9 Å². The molecule has 1 aliphatic rings. The van der Waals surface area contributed by atoms with Gasteiger partial charge < -0.3 is 15.7 Å². The largest absolute Gasteiger partial charge is 0.481 e. The molecule has 2 amide bonds. The molecule has 1 unspecified atom stereocenters. The Morgan fingerprint density at radius 3 is 2.58 bits per heavy atom. The van der Waals surface area contributed by atoms with Crippen LogP contribution in [0.3, 0.4) is 0 Å². The fourth-order valence-electron chi connectivity index (χ4n) is 2.37. The number of aliphatic carboxylic acids is 1. The molecule has 0 heterocycles. The van der Waals surface area contributed by atoms with E-state index >= 15 is 0 Å². The summed E-state index contributed by atoms with van der Waals surface area (Å²) < 4.78 is 0. The molecule has 0 radical (unpaired) electrons. The lowest BCUT2D eigenvalue weighted by Gasteiger charge is -2.33. The first kappa shape index (κ1) is 17.4. The second-order valence-corrected chi connectivity index (χ2v) is 5.71. The highest BCUT2D eigenvalue weighted by atomic mass is 16.6. The van der Waals surface area contributed by atoms with Crippen molar-refractivity contribution >= 4 is 23.5 Å². The van der Waals surface area contributed by atoms with Gasteiger partial charge in [-0.1, -0.05) is 6.07 Å². The highest BCUT2D eigenvalue weighted by Crippen LogP contribution is 2.27. The van der Waals surface area contributed by atoms with E-state index < -0.39 is 34.7 Å². The van der Waals surface area contributed by atoms with Crippen molar-refractivity contribution in [2.24, 2.45) is 5.92 Å². The molecular weight excluding hydrogens is 318 g/mol. The van der Waals surface area contributed by atoms with Gasteiger partial charge in [-0.15, -0.1) is 0 Å². The predicted octanol–water partition coefficient (Wildman–Crippen LogP) is 0.692. The summed E-state index contributed by atoms with van der Waals surface area (Å²) in [5.74, 6) is -2.35. The van der Waals surface area contributed by atoms with E-state index in [1.165, 1.54) is 25.1 Å². The number of carbonyl (C=O) groups excluding carboxylic acids is 2. The van der Waals surface area contributed by atoms with Crippen molar-refractivity contribution < 1.29 is 24.4 Å². The number of carboxylic acid groups (broad SMARTS) is 1. The highest BCUT2D eigenvalue weighted by molar-refractivity contribution is 5.97. The zero-order valence-electron chi connectivity index (χ0n) is 12.9. The second-order valence-electron chi connectivity index (χ2n) is 5.71.